The number of hydrogen-bond donors (Lipinski definition) is 1. The third-order valence-electron chi connectivity index (χ3n) is 2.62. The SMILES string of the molecule is CNC(=O)N(C=Nc1ccc(Cl)cc1)c1ccccc1. The maximum absolute atomic E-state index is 11.9. The van der Waals surface area contributed by atoms with Crippen molar-refractivity contribution in [3.63, 3.8) is 0 Å². The number of carbonyl (C=O) groups is 1. The minimum absolute atomic E-state index is 0.256. The number of urea groups is 1. The van der Waals surface area contributed by atoms with Crippen LogP contribution in [-0.2, 0) is 0 Å². The van der Waals surface area contributed by atoms with Crippen molar-refractivity contribution in [1.29, 1.82) is 0 Å². The molecule has 5 heteroatoms. The van der Waals surface area contributed by atoms with E-state index in [0.29, 0.717) is 5.02 Å². The maximum Gasteiger partial charge on any atom is 0.326 e. The second kappa shape index (κ2) is 6.73. The zero-order valence-corrected chi connectivity index (χ0v) is 11.7. The molecule has 2 aromatic carbocycles. The predicted molar refractivity (Wildman–Crippen MR) is 83.0 cm³/mol. The van der Waals surface area contributed by atoms with Crippen LogP contribution in [0.15, 0.2) is 59.6 Å². The largest absolute Gasteiger partial charge is 0.340 e. The molecule has 102 valence electrons. The van der Waals surface area contributed by atoms with E-state index in [-0.39, 0.29) is 6.03 Å². The van der Waals surface area contributed by atoms with Gasteiger partial charge in [0.2, 0.25) is 0 Å². The lowest BCUT2D eigenvalue weighted by molar-refractivity contribution is 0.251. The van der Waals surface area contributed by atoms with Gasteiger partial charge in [-0.05, 0) is 36.4 Å². The lowest BCUT2D eigenvalue weighted by atomic mass is 10.3. The highest BCUT2D eigenvalue weighted by molar-refractivity contribution is 6.30. The summed E-state index contributed by atoms with van der Waals surface area (Å²) in [5.74, 6) is 0. The van der Waals surface area contributed by atoms with E-state index in [1.165, 1.54) is 11.2 Å². The first-order chi connectivity index (χ1) is 9.70. The zero-order valence-electron chi connectivity index (χ0n) is 11.0. The molecule has 0 heterocycles. The van der Waals surface area contributed by atoms with E-state index >= 15 is 0 Å². The van der Waals surface area contributed by atoms with Crippen molar-refractivity contribution in [2.75, 3.05) is 11.9 Å². The fraction of sp³-hybridized carbons (Fsp3) is 0.0667. The van der Waals surface area contributed by atoms with Gasteiger partial charge in [0, 0.05) is 12.1 Å². The fourth-order valence-corrected chi connectivity index (χ4v) is 1.72. The van der Waals surface area contributed by atoms with Crippen LogP contribution >= 0.6 is 11.6 Å². The molecule has 0 saturated carbocycles. The van der Waals surface area contributed by atoms with Crippen LogP contribution in [0.25, 0.3) is 0 Å². The number of amides is 2. The molecule has 0 saturated heterocycles. The van der Waals surface area contributed by atoms with Crippen molar-refractivity contribution in [3.8, 4) is 0 Å². The van der Waals surface area contributed by atoms with E-state index < -0.39 is 0 Å². The Hall–Kier alpha value is -2.33. The molecule has 20 heavy (non-hydrogen) atoms. The summed E-state index contributed by atoms with van der Waals surface area (Å²) < 4.78 is 0. The summed E-state index contributed by atoms with van der Waals surface area (Å²) in [4.78, 5) is 17.6. The molecule has 0 unspecified atom stereocenters. The van der Waals surface area contributed by atoms with Crippen LogP contribution in [0.1, 0.15) is 0 Å². The van der Waals surface area contributed by atoms with E-state index in [1.54, 1.807) is 31.3 Å². The molecule has 2 rings (SSSR count). The maximum atomic E-state index is 11.9. The molecule has 0 fully saturated rings. The predicted octanol–water partition coefficient (Wildman–Crippen LogP) is 3.85. The number of aliphatic imine (C=N–C) groups is 1. The number of nitrogens with zero attached hydrogens (tertiary/aromatic N) is 2. The lowest BCUT2D eigenvalue weighted by Gasteiger charge is -2.16. The molecule has 4 nitrogen and oxygen atoms in total. The summed E-state index contributed by atoms with van der Waals surface area (Å²) in [6.45, 7) is 0. The van der Waals surface area contributed by atoms with Crippen molar-refractivity contribution in [2.24, 2.45) is 4.99 Å². The third kappa shape index (κ3) is 3.59. The number of benzene rings is 2. The Morgan fingerprint density at radius 2 is 1.80 bits per heavy atom. The molecule has 0 aromatic heterocycles. The lowest BCUT2D eigenvalue weighted by Crippen LogP contribution is -2.37. The van der Waals surface area contributed by atoms with Crippen molar-refractivity contribution in [3.05, 3.63) is 59.6 Å². The van der Waals surface area contributed by atoms with Gasteiger partial charge in [0.1, 0.15) is 6.34 Å². The molecular formula is C15H14ClN3O. The summed E-state index contributed by atoms with van der Waals surface area (Å²) in [5, 5.41) is 3.23. The third-order valence-corrected chi connectivity index (χ3v) is 2.87. The molecule has 0 aliphatic rings. The van der Waals surface area contributed by atoms with E-state index in [1.807, 2.05) is 30.3 Å². The van der Waals surface area contributed by atoms with Gasteiger partial charge in [0.05, 0.1) is 11.4 Å². The van der Waals surface area contributed by atoms with Crippen LogP contribution < -0.4 is 10.2 Å². The molecule has 0 bridgehead atoms. The highest BCUT2D eigenvalue weighted by Crippen LogP contribution is 2.17. The monoisotopic (exact) mass is 287 g/mol. The standard InChI is InChI=1S/C15H14ClN3O/c1-17-15(20)19(14-5-3-2-4-6-14)11-18-13-9-7-12(16)8-10-13/h2-11H,1H3,(H,17,20). The van der Waals surface area contributed by atoms with Crippen LogP contribution in [0, 0.1) is 0 Å². The molecule has 1 N–H and O–H groups in total. The van der Waals surface area contributed by atoms with Gasteiger partial charge < -0.3 is 5.32 Å². The molecule has 0 spiro atoms. The van der Waals surface area contributed by atoms with Crippen LogP contribution in [0.3, 0.4) is 0 Å². The van der Waals surface area contributed by atoms with Gasteiger partial charge in [-0.3, -0.25) is 4.90 Å². The van der Waals surface area contributed by atoms with Gasteiger partial charge in [-0.2, -0.15) is 0 Å². The number of anilines is 1. The zero-order chi connectivity index (χ0) is 14.4. The van der Waals surface area contributed by atoms with E-state index in [0.717, 1.165) is 11.4 Å². The molecule has 0 radical (unpaired) electrons. The van der Waals surface area contributed by atoms with Gasteiger partial charge in [0.25, 0.3) is 0 Å². The molecular weight excluding hydrogens is 274 g/mol. The summed E-state index contributed by atoms with van der Waals surface area (Å²) in [6.07, 6.45) is 1.48. The van der Waals surface area contributed by atoms with Crippen molar-refractivity contribution in [2.45, 2.75) is 0 Å². The first-order valence-corrected chi connectivity index (χ1v) is 6.44. The summed E-state index contributed by atoms with van der Waals surface area (Å²) in [6, 6.07) is 16.1. The van der Waals surface area contributed by atoms with Crippen LogP contribution in [0.2, 0.25) is 5.02 Å². The van der Waals surface area contributed by atoms with Crippen LogP contribution in [0.4, 0.5) is 16.2 Å². The second-order valence-corrected chi connectivity index (χ2v) is 4.42. The number of carbonyl (C=O) groups excluding carboxylic acids is 1. The Morgan fingerprint density at radius 3 is 2.40 bits per heavy atom. The van der Waals surface area contributed by atoms with E-state index in [9.17, 15) is 4.79 Å². The normalized spacial score (nSPS) is 10.5. The van der Waals surface area contributed by atoms with Crippen LogP contribution in [0.5, 0.6) is 0 Å². The fourth-order valence-electron chi connectivity index (χ4n) is 1.60. The Bertz CT molecular complexity index is 596. The summed E-state index contributed by atoms with van der Waals surface area (Å²) in [7, 11) is 1.58. The van der Waals surface area contributed by atoms with E-state index in [2.05, 4.69) is 10.3 Å². The van der Waals surface area contributed by atoms with Gasteiger partial charge in [-0.25, -0.2) is 9.79 Å². The van der Waals surface area contributed by atoms with Gasteiger partial charge in [0.15, 0.2) is 0 Å². The molecule has 0 atom stereocenters. The molecule has 0 aliphatic heterocycles. The van der Waals surface area contributed by atoms with Crippen LogP contribution in [-0.4, -0.2) is 19.4 Å². The van der Waals surface area contributed by atoms with E-state index in [4.69, 9.17) is 11.6 Å². The molecule has 2 aromatic rings. The number of hydrogen-bond acceptors (Lipinski definition) is 2. The topological polar surface area (TPSA) is 44.7 Å². The highest BCUT2D eigenvalue weighted by atomic mass is 35.5. The number of halogens is 1. The Kier molecular flexibility index (Phi) is 4.74. The Labute approximate surface area is 122 Å². The van der Waals surface area contributed by atoms with Gasteiger partial charge in [-0.15, -0.1) is 0 Å². The second-order valence-electron chi connectivity index (χ2n) is 3.98. The van der Waals surface area contributed by atoms with Crippen molar-refractivity contribution < 1.29 is 4.79 Å². The smallest absolute Gasteiger partial charge is 0.326 e. The minimum Gasteiger partial charge on any atom is -0.340 e. The molecule has 0 aliphatic carbocycles. The minimum atomic E-state index is -0.256. The van der Waals surface area contributed by atoms with Gasteiger partial charge >= 0.3 is 6.03 Å². The van der Waals surface area contributed by atoms with Crippen molar-refractivity contribution >= 4 is 35.3 Å². The number of para-hydroxylation sites is 1. The van der Waals surface area contributed by atoms with Crippen molar-refractivity contribution in [1.82, 2.24) is 5.32 Å². The quantitative estimate of drug-likeness (QED) is 0.676. The average molecular weight is 288 g/mol. The first kappa shape index (κ1) is 14.1. The average Bonchev–Trinajstić information content (AvgIpc) is 2.50. The molecule has 2 amide bonds. The highest BCUT2D eigenvalue weighted by Gasteiger charge is 2.11. The Balaban J connectivity index is 2.24. The van der Waals surface area contributed by atoms with Gasteiger partial charge in [-0.1, -0.05) is 29.8 Å². The first-order valence-electron chi connectivity index (χ1n) is 6.06. The summed E-state index contributed by atoms with van der Waals surface area (Å²) in [5.41, 5.74) is 1.46. The summed E-state index contributed by atoms with van der Waals surface area (Å²) >= 11 is 5.82. The Morgan fingerprint density at radius 1 is 1.15 bits per heavy atom. The number of rotatable bonds is 3. The number of nitrogens with one attached hydrogen (secondary N) is 1.